The number of aromatic carboxylic acids is 3. The zero-order valence-corrected chi connectivity index (χ0v) is 55.3. The fourth-order valence-electron chi connectivity index (χ4n) is 11.4. The third-order valence-corrected chi connectivity index (χ3v) is 17.6. The van der Waals surface area contributed by atoms with Gasteiger partial charge >= 0.3 is 17.9 Å². The van der Waals surface area contributed by atoms with E-state index in [1.54, 1.807) is 18.2 Å². The van der Waals surface area contributed by atoms with E-state index in [9.17, 15) is 59.4 Å². The first-order valence-corrected chi connectivity index (χ1v) is 33.2. The van der Waals surface area contributed by atoms with Crippen LogP contribution in [-0.2, 0) is 35.8 Å². The predicted octanol–water partition coefficient (Wildman–Crippen LogP) is 19.1. The normalized spacial score (nSPS) is 12.3. The van der Waals surface area contributed by atoms with Crippen LogP contribution < -0.4 is 0 Å². The highest BCUT2D eigenvalue weighted by Crippen LogP contribution is 2.33. The molecule has 0 unspecified atom stereocenters. The molecule has 97 heavy (non-hydrogen) atoms. The van der Waals surface area contributed by atoms with Crippen molar-refractivity contribution in [1.82, 2.24) is 14.7 Å². The van der Waals surface area contributed by atoms with Crippen molar-refractivity contribution < 1.29 is 59.4 Å². The fraction of sp³-hybridized carbons (Fsp3) is 0.333. The molecule has 0 radical (unpaired) electrons. The smallest absolute Gasteiger partial charge is 0.339 e. The number of benzene rings is 8. The number of phenols is 3. The second-order valence-corrected chi connectivity index (χ2v) is 25.4. The topological polar surface area (TPSA) is 234 Å². The first-order chi connectivity index (χ1) is 45.3. The quantitative estimate of drug-likeness (QED) is 0.0293. The third kappa shape index (κ3) is 23.1. The van der Waals surface area contributed by atoms with E-state index in [0.29, 0.717) is 55.6 Å². The number of nitrogens with zero attached hydrogens (tertiary/aromatic N) is 3. The summed E-state index contributed by atoms with van der Waals surface area (Å²) in [5.74, 6) is -2.96. The van der Waals surface area contributed by atoms with E-state index < -0.39 is 17.9 Å². The summed E-state index contributed by atoms with van der Waals surface area (Å²) >= 11 is 3.42. The number of hydrogen-bond donors (Lipinski definition) is 6. The molecule has 2 aliphatic rings. The lowest BCUT2D eigenvalue weighted by Gasteiger charge is -2.29. The third-order valence-electron chi connectivity index (χ3n) is 17.1. The molecule has 514 valence electrons. The Balaban J connectivity index is 0.000000261. The summed E-state index contributed by atoms with van der Waals surface area (Å²) in [4.78, 5) is 78.8. The van der Waals surface area contributed by atoms with E-state index in [0.717, 1.165) is 131 Å². The van der Waals surface area contributed by atoms with Crippen LogP contribution in [-0.4, -0.2) is 94.1 Å². The maximum absolute atomic E-state index is 13.4. The fourth-order valence-corrected chi connectivity index (χ4v) is 11.7. The van der Waals surface area contributed by atoms with Gasteiger partial charge in [-0.25, -0.2) is 14.4 Å². The van der Waals surface area contributed by atoms with E-state index >= 15 is 0 Å². The van der Waals surface area contributed by atoms with Crippen molar-refractivity contribution in [1.29, 1.82) is 0 Å². The summed E-state index contributed by atoms with van der Waals surface area (Å²) in [6, 6.07) is 52.5. The minimum Gasteiger partial charge on any atom is -0.507 e. The highest BCUT2D eigenvalue weighted by atomic mass is 79.9. The maximum Gasteiger partial charge on any atom is 0.339 e. The largest absolute Gasteiger partial charge is 0.507 e. The van der Waals surface area contributed by atoms with Gasteiger partial charge in [0.25, 0.3) is 5.91 Å². The van der Waals surface area contributed by atoms with Crippen LogP contribution in [0.4, 0.5) is 0 Å². The van der Waals surface area contributed by atoms with E-state index in [1.165, 1.54) is 55.7 Å². The molecule has 0 bridgehead atoms. The molecule has 0 heterocycles. The van der Waals surface area contributed by atoms with Crippen molar-refractivity contribution in [3.05, 3.63) is 230 Å². The van der Waals surface area contributed by atoms with Crippen LogP contribution in [0.15, 0.2) is 180 Å². The minimum absolute atomic E-state index is 0. The van der Waals surface area contributed by atoms with Gasteiger partial charge in [-0.15, -0.1) is 0 Å². The molecule has 0 aliphatic heterocycles. The Morgan fingerprint density at radius 2 is 0.804 bits per heavy atom. The highest BCUT2D eigenvalue weighted by Gasteiger charge is 2.28. The molecule has 0 aromatic heterocycles. The second kappa shape index (κ2) is 38.3. The molecule has 8 aromatic rings. The Morgan fingerprint density at radius 3 is 1.19 bits per heavy atom. The lowest BCUT2D eigenvalue weighted by Crippen LogP contribution is -2.37. The van der Waals surface area contributed by atoms with Gasteiger partial charge in [0.05, 0.1) is 0 Å². The average Bonchev–Trinajstić information content (AvgIpc) is 1.37. The number of carbonyl (C=O) groups excluding carboxylic acids is 3. The van der Waals surface area contributed by atoms with Gasteiger partial charge in [-0.05, 0) is 168 Å². The van der Waals surface area contributed by atoms with Crippen LogP contribution in [0.1, 0.15) is 189 Å². The molecule has 10 rings (SSSR count). The zero-order chi connectivity index (χ0) is 67.3. The van der Waals surface area contributed by atoms with Crippen molar-refractivity contribution in [3.8, 4) is 50.6 Å². The van der Waals surface area contributed by atoms with Crippen molar-refractivity contribution >= 4 is 51.6 Å². The summed E-state index contributed by atoms with van der Waals surface area (Å²) < 4.78 is 0.912. The monoisotopic (exact) mass is 1380 g/mol. The van der Waals surface area contributed by atoms with Crippen molar-refractivity contribution in [2.24, 2.45) is 11.8 Å². The standard InChI is InChI=1S/C29H24BrNO4.C26H33NO4.C23H27NO4.3CH4/c1-19-2-4-20(5-3-19)17-31(28(33)23-10-13-25(30)14-11-23)18-21-6-8-22(9-7-21)24-12-15-27(32)26(16-24)29(34)35;1-2-3-7-16-27(25(29)21-8-5-4-6-9-21)18-19-10-12-20(13-11-19)22-14-15-24(28)23(17-22)26(30)31;1-2-3-4-22(26)24(14-16-5-6-16)15-17-7-9-18(10-8-17)19-11-12-21(25)20(13-19)23(27)28;;;/h2-16,32H,17-18H2,1H3,(H,34,35);10-15,17,21,28H,2-9,16,18H2,1H3,(H,30,31);7-13,16,25H,2-6,14-15H2,1H3,(H,27,28);3*1H4. The summed E-state index contributed by atoms with van der Waals surface area (Å²) in [7, 11) is 0. The number of carboxylic acid groups (broad SMARTS) is 3. The van der Waals surface area contributed by atoms with Gasteiger partial charge in [0.15, 0.2) is 0 Å². The number of amides is 3. The number of rotatable bonds is 25. The summed E-state index contributed by atoms with van der Waals surface area (Å²) in [5.41, 5.74) is 10.3. The second-order valence-electron chi connectivity index (χ2n) is 24.5. The van der Waals surface area contributed by atoms with E-state index in [-0.39, 0.29) is 74.0 Å². The van der Waals surface area contributed by atoms with Crippen LogP contribution >= 0.6 is 15.9 Å². The highest BCUT2D eigenvalue weighted by molar-refractivity contribution is 9.10. The predicted molar refractivity (Wildman–Crippen MR) is 390 cm³/mol. The first-order valence-electron chi connectivity index (χ1n) is 32.4. The minimum atomic E-state index is -1.18. The average molecular weight is 1380 g/mol. The Morgan fingerprint density at radius 1 is 0.433 bits per heavy atom. The van der Waals surface area contributed by atoms with Crippen LogP contribution in [0.3, 0.4) is 0 Å². The molecule has 6 N–H and O–H groups in total. The van der Waals surface area contributed by atoms with Crippen LogP contribution in [0.2, 0.25) is 0 Å². The SMILES string of the molecule is C.C.C.CCCCC(=O)N(Cc1ccc(-c2ccc(O)c(C(=O)O)c2)cc1)CC1CC1.CCCCCN(Cc1ccc(-c2ccc(O)c(C(=O)O)c2)cc1)C(=O)C1CCCCC1.Cc1ccc(CN(Cc2ccc(-c3ccc(O)c(C(=O)O)c3)cc2)C(=O)c2ccc(Br)cc2)cc1. The van der Waals surface area contributed by atoms with Crippen LogP contribution in [0.25, 0.3) is 33.4 Å². The molecule has 2 fully saturated rings. The van der Waals surface area contributed by atoms with E-state index in [1.807, 2.05) is 143 Å². The van der Waals surface area contributed by atoms with Crippen LogP contribution in [0, 0.1) is 18.8 Å². The van der Waals surface area contributed by atoms with Crippen molar-refractivity contribution in [2.45, 2.75) is 153 Å². The summed E-state index contributed by atoms with van der Waals surface area (Å²) in [6.07, 6.45) is 13.8. The molecule has 0 spiro atoms. The molecule has 0 saturated heterocycles. The number of halogens is 1. The maximum atomic E-state index is 13.4. The zero-order valence-electron chi connectivity index (χ0n) is 53.7. The molecule has 2 aliphatic carbocycles. The van der Waals surface area contributed by atoms with Gasteiger partial charge in [0, 0.05) is 61.6 Å². The van der Waals surface area contributed by atoms with Gasteiger partial charge in [-0.2, -0.15) is 0 Å². The van der Waals surface area contributed by atoms with Gasteiger partial charge in [-0.1, -0.05) is 211 Å². The molecule has 8 aromatic carbocycles. The van der Waals surface area contributed by atoms with E-state index in [2.05, 4.69) is 29.8 Å². The number of hydrogen-bond acceptors (Lipinski definition) is 9. The Kier molecular flexibility index (Phi) is 30.8. The number of aromatic hydroxyl groups is 3. The van der Waals surface area contributed by atoms with Gasteiger partial charge in [-0.3, -0.25) is 14.4 Å². The number of carbonyl (C=O) groups is 6. The summed E-state index contributed by atoms with van der Waals surface area (Å²) in [5, 5.41) is 56.8. The molecular formula is C81H96BrN3O12. The number of unbranched alkanes of at least 4 members (excludes halogenated alkanes) is 3. The lowest BCUT2D eigenvalue weighted by atomic mass is 9.88. The van der Waals surface area contributed by atoms with Crippen molar-refractivity contribution in [3.63, 3.8) is 0 Å². The lowest BCUT2D eigenvalue weighted by molar-refractivity contribution is -0.137. The molecule has 16 heteroatoms. The van der Waals surface area contributed by atoms with E-state index in [4.69, 9.17) is 0 Å². The Hall–Kier alpha value is -9.54. The van der Waals surface area contributed by atoms with Gasteiger partial charge in [0.2, 0.25) is 11.8 Å². The number of aryl methyl sites for hydroxylation is 1. The molecule has 3 amide bonds. The Bertz CT molecular complexity index is 3860. The Labute approximate surface area is 581 Å². The number of carboxylic acids is 3. The van der Waals surface area contributed by atoms with Gasteiger partial charge in [0.1, 0.15) is 33.9 Å². The molecular weight excluding hydrogens is 1290 g/mol. The molecule has 15 nitrogen and oxygen atoms in total. The summed E-state index contributed by atoms with van der Waals surface area (Å²) in [6.45, 7) is 10.0. The molecule has 0 atom stereocenters. The van der Waals surface area contributed by atoms with Crippen molar-refractivity contribution in [2.75, 3.05) is 13.1 Å². The van der Waals surface area contributed by atoms with Crippen LogP contribution in [0.5, 0.6) is 17.2 Å². The molecule has 2 saturated carbocycles. The van der Waals surface area contributed by atoms with Gasteiger partial charge < -0.3 is 45.3 Å². The first kappa shape index (κ1) is 78.2.